The van der Waals surface area contributed by atoms with E-state index in [2.05, 4.69) is 25.3 Å². The Hall–Kier alpha value is -1.63. The van der Waals surface area contributed by atoms with E-state index < -0.39 is 0 Å². The predicted octanol–water partition coefficient (Wildman–Crippen LogP) is 3.90. The zero-order valence-corrected chi connectivity index (χ0v) is 10.7. The summed E-state index contributed by atoms with van der Waals surface area (Å²) in [6, 6.07) is 6.21. The number of fused-ring (bicyclic) bond motifs is 3. The van der Waals surface area contributed by atoms with Gasteiger partial charge in [0.1, 0.15) is 0 Å². The van der Waals surface area contributed by atoms with Crippen LogP contribution < -0.4 is 0 Å². The van der Waals surface area contributed by atoms with E-state index in [-0.39, 0.29) is 5.92 Å². The van der Waals surface area contributed by atoms with Crippen molar-refractivity contribution in [1.82, 2.24) is 0 Å². The van der Waals surface area contributed by atoms with Gasteiger partial charge in [-0.3, -0.25) is 4.79 Å². The van der Waals surface area contributed by atoms with E-state index in [9.17, 15) is 4.79 Å². The third-order valence-corrected chi connectivity index (χ3v) is 4.67. The Morgan fingerprint density at radius 3 is 2.50 bits per heavy atom. The molecule has 1 fully saturated rings. The number of aryl methyl sites for hydroxylation is 1. The van der Waals surface area contributed by atoms with Gasteiger partial charge in [-0.25, -0.2) is 0 Å². The average molecular weight is 238 g/mol. The molecule has 0 bridgehead atoms. The van der Waals surface area contributed by atoms with E-state index in [1.807, 2.05) is 25.1 Å². The van der Waals surface area contributed by atoms with Crippen LogP contribution in [0.2, 0.25) is 0 Å². The highest BCUT2D eigenvalue weighted by atomic mass is 16.1. The molecule has 0 N–H and O–H groups in total. The summed E-state index contributed by atoms with van der Waals surface area (Å²) in [6.07, 6.45) is 4.99. The van der Waals surface area contributed by atoms with Crippen LogP contribution in [-0.2, 0) is 0 Å². The van der Waals surface area contributed by atoms with Crippen molar-refractivity contribution < 1.29 is 4.79 Å². The Labute approximate surface area is 108 Å². The fraction of sp³-hybridized carbons (Fsp3) is 0.353. The second-order valence-corrected chi connectivity index (χ2v) is 5.49. The molecule has 1 saturated carbocycles. The van der Waals surface area contributed by atoms with Gasteiger partial charge in [0.15, 0.2) is 5.78 Å². The van der Waals surface area contributed by atoms with Crippen molar-refractivity contribution in [1.29, 1.82) is 0 Å². The van der Waals surface area contributed by atoms with Crippen LogP contribution in [0.15, 0.2) is 43.5 Å². The first-order valence-corrected chi connectivity index (χ1v) is 6.58. The van der Waals surface area contributed by atoms with Crippen molar-refractivity contribution in [2.45, 2.75) is 19.3 Å². The van der Waals surface area contributed by atoms with Crippen LogP contribution in [0.25, 0.3) is 0 Å². The summed E-state index contributed by atoms with van der Waals surface area (Å²) >= 11 is 0. The van der Waals surface area contributed by atoms with E-state index in [4.69, 9.17) is 0 Å². The van der Waals surface area contributed by atoms with Crippen LogP contribution in [0.3, 0.4) is 0 Å². The molecule has 0 amide bonds. The highest BCUT2D eigenvalue weighted by Crippen LogP contribution is 2.55. The first kappa shape index (κ1) is 11.5. The minimum absolute atomic E-state index is 0.0987. The Balaban J connectivity index is 2.18. The lowest BCUT2D eigenvalue weighted by Gasteiger charge is -2.15. The lowest BCUT2D eigenvalue weighted by Crippen LogP contribution is -2.16. The molecular weight excluding hydrogens is 220 g/mol. The van der Waals surface area contributed by atoms with E-state index in [0.717, 1.165) is 17.5 Å². The number of carbonyl (C=O) groups excluding carboxylic acids is 1. The molecule has 0 heterocycles. The molecule has 0 radical (unpaired) electrons. The molecule has 4 atom stereocenters. The number of rotatable bonds is 2. The highest BCUT2D eigenvalue weighted by molar-refractivity contribution is 6.05. The van der Waals surface area contributed by atoms with Crippen molar-refractivity contribution in [3.8, 4) is 0 Å². The molecule has 0 aliphatic heterocycles. The number of hydrogen-bond donors (Lipinski definition) is 0. The highest BCUT2D eigenvalue weighted by Gasteiger charge is 2.51. The fourth-order valence-corrected chi connectivity index (χ4v) is 3.88. The lowest BCUT2D eigenvalue weighted by atomic mass is 9.87. The summed E-state index contributed by atoms with van der Waals surface area (Å²) in [6.45, 7) is 9.88. The normalized spacial score (nSPS) is 33.1. The SMILES string of the molecule is C=CC1CC(C=C)C2c3cccc(C)c3C(=O)C12. The zero-order valence-electron chi connectivity index (χ0n) is 10.7. The Kier molecular flexibility index (Phi) is 2.51. The molecule has 3 rings (SSSR count). The van der Waals surface area contributed by atoms with E-state index in [1.54, 1.807) is 0 Å². The van der Waals surface area contributed by atoms with Crippen molar-refractivity contribution in [3.05, 3.63) is 60.2 Å². The molecule has 18 heavy (non-hydrogen) atoms. The minimum atomic E-state index is 0.0987. The molecule has 1 nitrogen and oxygen atoms in total. The van der Waals surface area contributed by atoms with Gasteiger partial charge in [-0.1, -0.05) is 30.4 Å². The zero-order chi connectivity index (χ0) is 12.9. The van der Waals surface area contributed by atoms with Gasteiger partial charge in [0.2, 0.25) is 0 Å². The van der Waals surface area contributed by atoms with Gasteiger partial charge in [-0.05, 0) is 36.3 Å². The summed E-state index contributed by atoms with van der Waals surface area (Å²) in [5.74, 6) is 1.46. The molecule has 1 heteroatoms. The van der Waals surface area contributed by atoms with Crippen LogP contribution in [-0.4, -0.2) is 5.78 Å². The summed E-state index contributed by atoms with van der Waals surface area (Å²) in [4.78, 5) is 12.6. The van der Waals surface area contributed by atoms with Crippen LogP contribution in [0.1, 0.15) is 33.8 Å². The quantitative estimate of drug-likeness (QED) is 0.714. The van der Waals surface area contributed by atoms with Crippen LogP contribution >= 0.6 is 0 Å². The minimum Gasteiger partial charge on any atom is -0.294 e. The predicted molar refractivity (Wildman–Crippen MR) is 73.7 cm³/mol. The summed E-state index contributed by atoms with van der Waals surface area (Å²) in [5.41, 5.74) is 3.31. The molecule has 2 aliphatic rings. The molecule has 92 valence electrons. The molecule has 4 unspecified atom stereocenters. The number of Topliss-reactive ketones (excluding diaryl/α,β-unsaturated/α-hetero) is 1. The second-order valence-electron chi connectivity index (χ2n) is 5.49. The van der Waals surface area contributed by atoms with Crippen LogP contribution in [0.5, 0.6) is 0 Å². The summed E-state index contributed by atoms with van der Waals surface area (Å²) in [7, 11) is 0. The maximum absolute atomic E-state index is 12.6. The molecule has 1 aromatic rings. The lowest BCUT2D eigenvalue weighted by molar-refractivity contribution is 0.0913. The van der Waals surface area contributed by atoms with Crippen molar-refractivity contribution >= 4 is 5.78 Å². The maximum Gasteiger partial charge on any atom is 0.167 e. The molecular formula is C17H18O. The largest absolute Gasteiger partial charge is 0.294 e. The van der Waals surface area contributed by atoms with Gasteiger partial charge in [-0.15, -0.1) is 13.2 Å². The molecule has 0 saturated heterocycles. The smallest absolute Gasteiger partial charge is 0.167 e. The monoisotopic (exact) mass is 238 g/mol. The van der Waals surface area contributed by atoms with Crippen molar-refractivity contribution in [2.24, 2.45) is 17.8 Å². The number of benzene rings is 1. The standard InChI is InChI=1S/C17H18O/c1-4-11-9-12(5-2)16-15(11)13-8-6-7-10(3)14(13)17(16)18/h4-8,11-12,15-16H,1-2,9H2,3H3. The van der Waals surface area contributed by atoms with Gasteiger partial charge < -0.3 is 0 Å². The first-order valence-electron chi connectivity index (χ1n) is 6.58. The van der Waals surface area contributed by atoms with Gasteiger partial charge in [0, 0.05) is 17.4 Å². The fourth-order valence-electron chi connectivity index (χ4n) is 3.88. The number of carbonyl (C=O) groups is 1. The molecule has 1 aromatic carbocycles. The molecule has 0 aromatic heterocycles. The Bertz CT molecular complexity index is 541. The maximum atomic E-state index is 12.6. The van der Waals surface area contributed by atoms with Crippen LogP contribution in [0, 0.1) is 24.7 Å². The average Bonchev–Trinajstić information content (AvgIpc) is 2.88. The third-order valence-electron chi connectivity index (χ3n) is 4.67. The summed E-state index contributed by atoms with van der Waals surface area (Å²) in [5, 5.41) is 0. The summed E-state index contributed by atoms with van der Waals surface area (Å²) < 4.78 is 0. The number of ketones is 1. The van der Waals surface area contributed by atoms with Crippen LogP contribution in [0.4, 0.5) is 0 Å². The van der Waals surface area contributed by atoms with Gasteiger partial charge >= 0.3 is 0 Å². The number of hydrogen-bond acceptors (Lipinski definition) is 1. The Morgan fingerprint density at radius 2 is 1.83 bits per heavy atom. The van der Waals surface area contributed by atoms with E-state index in [1.165, 1.54) is 5.56 Å². The van der Waals surface area contributed by atoms with Crippen molar-refractivity contribution in [2.75, 3.05) is 0 Å². The Morgan fingerprint density at radius 1 is 1.17 bits per heavy atom. The van der Waals surface area contributed by atoms with Crippen molar-refractivity contribution in [3.63, 3.8) is 0 Å². The van der Waals surface area contributed by atoms with Gasteiger partial charge in [0.05, 0.1) is 0 Å². The second kappa shape index (κ2) is 3.94. The van der Waals surface area contributed by atoms with Gasteiger partial charge in [0.25, 0.3) is 0 Å². The molecule has 0 spiro atoms. The first-order chi connectivity index (χ1) is 8.69. The third kappa shape index (κ3) is 1.30. The van der Waals surface area contributed by atoms with Gasteiger partial charge in [-0.2, -0.15) is 0 Å². The van der Waals surface area contributed by atoms with E-state index >= 15 is 0 Å². The topological polar surface area (TPSA) is 17.1 Å². The van der Waals surface area contributed by atoms with E-state index in [0.29, 0.717) is 23.5 Å². The number of allylic oxidation sites excluding steroid dienone is 2. The molecule has 2 aliphatic carbocycles.